The summed E-state index contributed by atoms with van der Waals surface area (Å²) in [6.07, 6.45) is 3.27. The number of halogens is 1. The molecule has 0 unspecified atom stereocenters. The van der Waals surface area contributed by atoms with Gasteiger partial charge in [-0.25, -0.2) is 4.98 Å². The summed E-state index contributed by atoms with van der Waals surface area (Å²) in [5.41, 5.74) is 1.87. The van der Waals surface area contributed by atoms with Crippen molar-refractivity contribution in [2.45, 2.75) is 11.3 Å². The lowest BCUT2D eigenvalue weighted by molar-refractivity contribution is 0.341. The maximum atomic E-state index is 8.98. The molecule has 7 heteroatoms. The average Bonchev–Trinajstić information content (AvgIpc) is 3.10. The van der Waals surface area contributed by atoms with Crippen LogP contribution in [0.3, 0.4) is 0 Å². The normalized spacial score (nSPS) is 10.9. The lowest BCUT2D eigenvalue weighted by atomic mass is 10.2. The van der Waals surface area contributed by atoms with Crippen molar-refractivity contribution in [3.63, 3.8) is 0 Å². The smallest absolute Gasteiger partial charge is 0.155 e. The highest BCUT2D eigenvalue weighted by atomic mass is 35.5. The van der Waals surface area contributed by atoms with Crippen LogP contribution >= 0.6 is 34.7 Å². The van der Waals surface area contributed by atoms with Crippen molar-refractivity contribution in [1.82, 2.24) is 4.98 Å². The van der Waals surface area contributed by atoms with Gasteiger partial charge >= 0.3 is 0 Å². The third-order valence-electron chi connectivity index (χ3n) is 3.62. The molecule has 138 valence electrons. The Morgan fingerprint density at radius 1 is 1.18 bits per heavy atom. The first-order chi connectivity index (χ1) is 13.6. The number of fused-ring (bicyclic) bond motifs is 1. The summed E-state index contributed by atoms with van der Waals surface area (Å²) < 4.78 is 7.45. The summed E-state index contributed by atoms with van der Waals surface area (Å²) >= 11 is 9.04. The molecule has 0 radical (unpaired) electrons. The molecule has 0 atom stereocenters. The molecule has 0 amide bonds. The van der Waals surface area contributed by atoms with Crippen molar-refractivity contribution in [3.05, 3.63) is 70.8 Å². The molecule has 0 N–H and O–H groups in total. The van der Waals surface area contributed by atoms with Crippen LogP contribution in [0.1, 0.15) is 12.5 Å². The number of benzene rings is 2. The fourth-order valence-electron chi connectivity index (χ4n) is 2.34. The van der Waals surface area contributed by atoms with Crippen LogP contribution in [0.15, 0.2) is 64.5 Å². The van der Waals surface area contributed by atoms with Crippen LogP contribution in [0.4, 0.5) is 0 Å². The molecule has 0 bridgehead atoms. The van der Waals surface area contributed by atoms with Crippen molar-refractivity contribution in [3.8, 4) is 17.9 Å². The Morgan fingerprint density at radius 3 is 2.61 bits per heavy atom. The van der Waals surface area contributed by atoms with Crippen LogP contribution in [0.2, 0.25) is 5.02 Å². The first-order valence-electron chi connectivity index (χ1n) is 8.32. The van der Waals surface area contributed by atoms with Crippen LogP contribution < -0.4 is 4.74 Å². The van der Waals surface area contributed by atoms with Gasteiger partial charge in [0.25, 0.3) is 0 Å². The van der Waals surface area contributed by atoms with E-state index in [-0.39, 0.29) is 5.57 Å². The van der Waals surface area contributed by atoms with Crippen molar-refractivity contribution in [1.29, 1.82) is 10.5 Å². The molecule has 0 saturated heterocycles. The molecule has 0 saturated carbocycles. The molecule has 2 aromatic carbocycles. The van der Waals surface area contributed by atoms with Gasteiger partial charge in [-0.05, 0) is 55.0 Å². The standard InChI is InChI=1S/C21H14ClN3OS2/c1-2-26-17-8-9-18-20(11-17)28-21(25-18)27-19(10-3-14(12-23)13-24)15-4-6-16(22)7-5-15/h3-11H,2H2,1H3. The number of allylic oxidation sites excluding steroid dienone is 3. The molecule has 0 fully saturated rings. The second kappa shape index (κ2) is 9.43. The summed E-state index contributed by atoms with van der Waals surface area (Å²) in [4.78, 5) is 5.54. The van der Waals surface area contributed by atoms with Gasteiger partial charge < -0.3 is 4.74 Å². The zero-order chi connectivity index (χ0) is 19.9. The number of thiazole rings is 1. The van der Waals surface area contributed by atoms with E-state index < -0.39 is 0 Å². The minimum absolute atomic E-state index is 0.0396. The molecular weight excluding hydrogens is 410 g/mol. The van der Waals surface area contributed by atoms with Gasteiger partial charge in [0.05, 0.1) is 16.8 Å². The molecule has 4 nitrogen and oxygen atoms in total. The third-order valence-corrected chi connectivity index (χ3v) is 6.04. The second-order valence-electron chi connectivity index (χ2n) is 5.49. The van der Waals surface area contributed by atoms with Gasteiger partial charge in [-0.2, -0.15) is 10.5 Å². The Balaban J connectivity index is 1.97. The molecule has 0 aliphatic rings. The van der Waals surface area contributed by atoms with E-state index >= 15 is 0 Å². The number of aromatic nitrogens is 1. The van der Waals surface area contributed by atoms with Crippen molar-refractivity contribution < 1.29 is 4.74 Å². The monoisotopic (exact) mass is 423 g/mol. The van der Waals surface area contributed by atoms with Crippen LogP contribution in [0.5, 0.6) is 5.75 Å². The maximum Gasteiger partial charge on any atom is 0.155 e. The highest BCUT2D eigenvalue weighted by molar-refractivity contribution is 8.09. The number of ether oxygens (including phenoxy) is 1. The van der Waals surface area contributed by atoms with E-state index in [0.29, 0.717) is 11.6 Å². The Hall–Kier alpha value is -2.77. The van der Waals surface area contributed by atoms with Gasteiger partial charge in [-0.15, -0.1) is 11.3 Å². The fourth-order valence-corrected chi connectivity index (χ4v) is 4.62. The molecular formula is C21H14ClN3OS2. The van der Waals surface area contributed by atoms with Gasteiger partial charge in [0.15, 0.2) is 4.34 Å². The quantitative estimate of drug-likeness (QED) is 0.258. The first-order valence-corrected chi connectivity index (χ1v) is 10.3. The highest BCUT2D eigenvalue weighted by Gasteiger charge is 2.10. The molecule has 1 heterocycles. The number of hydrogen-bond acceptors (Lipinski definition) is 6. The Bertz CT molecular complexity index is 1120. The lowest BCUT2D eigenvalue weighted by Gasteiger charge is -2.05. The number of hydrogen-bond donors (Lipinski definition) is 0. The first kappa shape index (κ1) is 20.0. The zero-order valence-corrected chi connectivity index (χ0v) is 17.2. The van der Waals surface area contributed by atoms with E-state index in [9.17, 15) is 0 Å². The molecule has 28 heavy (non-hydrogen) atoms. The van der Waals surface area contributed by atoms with E-state index in [4.69, 9.17) is 26.9 Å². The Morgan fingerprint density at radius 2 is 1.93 bits per heavy atom. The number of nitrogens with zero attached hydrogens (tertiary/aromatic N) is 3. The average molecular weight is 424 g/mol. The molecule has 3 aromatic rings. The van der Waals surface area contributed by atoms with E-state index in [1.807, 2.05) is 49.4 Å². The van der Waals surface area contributed by atoms with Gasteiger partial charge in [-0.1, -0.05) is 35.5 Å². The predicted molar refractivity (Wildman–Crippen MR) is 115 cm³/mol. The zero-order valence-electron chi connectivity index (χ0n) is 14.8. The maximum absolute atomic E-state index is 8.98. The van der Waals surface area contributed by atoms with E-state index in [0.717, 1.165) is 30.8 Å². The van der Waals surface area contributed by atoms with E-state index in [1.54, 1.807) is 29.5 Å². The fraction of sp³-hybridized carbons (Fsp3) is 0.0952. The van der Waals surface area contributed by atoms with Crippen LogP contribution in [-0.4, -0.2) is 11.6 Å². The van der Waals surface area contributed by atoms with Gasteiger partial charge in [0, 0.05) is 9.93 Å². The summed E-state index contributed by atoms with van der Waals surface area (Å²) in [6.45, 7) is 2.56. The van der Waals surface area contributed by atoms with Crippen molar-refractivity contribution >= 4 is 49.8 Å². The molecule has 0 aliphatic heterocycles. The lowest BCUT2D eigenvalue weighted by Crippen LogP contribution is -1.89. The topological polar surface area (TPSA) is 69.7 Å². The predicted octanol–water partition coefficient (Wildman–Crippen LogP) is 6.46. The number of nitriles is 2. The molecule has 0 aliphatic carbocycles. The number of thioether (sulfide) groups is 1. The van der Waals surface area contributed by atoms with Gasteiger partial charge in [0.2, 0.25) is 0 Å². The Labute approximate surface area is 176 Å². The summed E-state index contributed by atoms with van der Waals surface area (Å²) in [6, 6.07) is 17.0. The van der Waals surface area contributed by atoms with Gasteiger partial charge in [0.1, 0.15) is 23.5 Å². The summed E-state index contributed by atoms with van der Waals surface area (Å²) in [5.74, 6) is 0.819. The van der Waals surface area contributed by atoms with Crippen LogP contribution in [0, 0.1) is 22.7 Å². The number of rotatable bonds is 6. The minimum Gasteiger partial charge on any atom is -0.494 e. The van der Waals surface area contributed by atoms with E-state index in [1.165, 1.54) is 17.8 Å². The van der Waals surface area contributed by atoms with Gasteiger partial charge in [-0.3, -0.25) is 0 Å². The molecule has 1 aromatic heterocycles. The summed E-state index contributed by atoms with van der Waals surface area (Å²) in [5, 5.41) is 18.6. The highest BCUT2D eigenvalue weighted by Crippen LogP contribution is 2.39. The third kappa shape index (κ3) is 4.94. The molecule has 3 rings (SSSR count). The van der Waals surface area contributed by atoms with Crippen molar-refractivity contribution in [2.75, 3.05) is 6.61 Å². The van der Waals surface area contributed by atoms with E-state index in [2.05, 4.69) is 4.98 Å². The summed E-state index contributed by atoms with van der Waals surface area (Å²) in [7, 11) is 0. The second-order valence-corrected chi connectivity index (χ2v) is 8.24. The SMILES string of the molecule is CCOc1ccc2nc(SC(=CC=C(C#N)C#N)c3ccc(Cl)cc3)sc2c1. The Kier molecular flexibility index (Phi) is 6.73. The van der Waals surface area contributed by atoms with Crippen LogP contribution in [0.25, 0.3) is 15.1 Å². The minimum atomic E-state index is 0.0396. The van der Waals surface area contributed by atoms with Crippen molar-refractivity contribution in [2.24, 2.45) is 0 Å². The van der Waals surface area contributed by atoms with Crippen LogP contribution in [-0.2, 0) is 0 Å². The molecule has 0 spiro atoms. The largest absolute Gasteiger partial charge is 0.494 e.